The van der Waals surface area contributed by atoms with E-state index in [2.05, 4.69) is 28.1 Å². The maximum absolute atomic E-state index is 13.3. The third kappa shape index (κ3) is 5.00. The van der Waals surface area contributed by atoms with Gasteiger partial charge in [-0.1, -0.05) is 30.3 Å². The van der Waals surface area contributed by atoms with E-state index >= 15 is 0 Å². The zero-order valence-electron chi connectivity index (χ0n) is 21.5. The van der Waals surface area contributed by atoms with Crippen molar-refractivity contribution in [3.05, 3.63) is 98.6 Å². The van der Waals surface area contributed by atoms with Crippen LogP contribution in [0.15, 0.2) is 60.7 Å². The maximum atomic E-state index is 13.3. The number of nitro groups is 1. The highest BCUT2D eigenvalue weighted by Crippen LogP contribution is 2.39. The van der Waals surface area contributed by atoms with Crippen molar-refractivity contribution in [2.75, 3.05) is 30.3 Å². The first-order valence-electron chi connectivity index (χ1n) is 13.3. The summed E-state index contributed by atoms with van der Waals surface area (Å²) in [6.07, 6.45) is 3.21. The summed E-state index contributed by atoms with van der Waals surface area (Å²) in [5, 5.41) is 21.2. The molecular formula is C30H29N5O4. The lowest BCUT2D eigenvalue weighted by atomic mass is 9.97. The fourth-order valence-electron chi connectivity index (χ4n) is 5.54. The van der Waals surface area contributed by atoms with Crippen LogP contribution in [-0.2, 0) is 29.0 Å². The third-order valence-corrected chi connectivity index (χ3v) is 7.66. The van der Waals surface area contributed by atoms with Crippen LogP contribution >= 0.6 is 0 Å². The van der Waals surface area contributed by atoms with E-state index in [-0.39, 0.29) is 17.5 Å². The number of fused-ring (bicyclic) bond motifs is 2. The van der Waals surface area contributed by atoms with Gasteiger partial charge in [0, 0.05) is 55.1 Å². The van der Waals surface area contributed by atoms with E-state index < -0.39 is 4.92 Å². The zero-order chi connectivity index (χ0) is 26.9. The summed E-state index contributed by atoms with van der Waals surface area (Å²) in [4.78, 5) is 38.2. The highest BCUT2D eigenvalue weighted by molar-refractivity contribution is 6.37. The van der Waals surface area contributed by atoms with E-state index in [0.29, 0.717) is 35.5 Å². The average Bonchev–Trinajstić information content (AvgIpc) is 3.51. The van der Waals surface area contributed by atoms with Crippen LogP contribution < -0.4 is 16.0 Å². The number of anilines is 2. The first kappa shape index (κ1) is 24.8. The normalized spacial score (nSPS) is 17.5. The minimum absolute atomic E-state index is 0.0739. The summed E-state index contributed by atoms with van der Waals surface area (Å²) in [7, 11) is 0. The second-order valence-corrected chi connectivity index (χ2v) is 10.2. The SMILES string of the molecule is O=C1Nc2ccc([N+](=O)[O-])cc2C1=C(Nc1ccc2c(c1)CCNC2)c1ccc(CCN2CCCC2=O)cc1. The van der Waals surface area contributed by atoms with Crippen molar-refractivity contribution in [2.45, 2.75) is 32.2 Å². The molecule has 9 nitrogen and oxygen atoms in total. The highest BCUT2D eigenvalue weighted by atomic mass is 16.6. The number of carbonyl (C=O) groups is 2. The van der Waals surface area contributed by atoms with Gasteiger partial charge in [-0.25, -0.2) is 0 Å². The molecule has 3 N–H and O–H groups in total. The summed E-state index contributed by atoms with van der Waals surface area (Å²) >= 11 is 0. The van der Waals surface area contributed by atoms with Gasteiger partial charge in [0.25, 0.3) is 11.6 Å². The molecule has 0 unspecified atom stereocenters. The Bertz CT molecular complexity index is 1510. The topological polar surface area (TPSA) is 117 Å². The molecule has 6 rings (SSSR count). The Labute approximate surface area is 226 Å². The Morgan fingerprint density at radius 1 is 1.00 bits per heavy atom. The minimum Gasteiger partial charge on any atom is -0.354 e. The van der Waals surface area contributed by atoms with E-state index in [1.807, 2.05) is 35.2 Å². The summed E-state index contributed by atoms with van der Waals surface area (Å²) < 4.78 is 0. The molecule has 3 aliphatic rings. The van der Waals surface area contributed by atoms with Gasteiger partial charge in [-0.05, 0) is 66.3 Å². The second-order valence-electron chi connectivity index (χ2n) is 10.2. The lowest BCUT2D eigenvalue weighted by molar-refractivity contribution is -0.384. The number of likely N-dealkylation sites (tertiary alicyclic amines) is 1. The number of non-ortho nitro benzene ring substituents is 1. The Balaban J connectivity index is 1.38. The number of nitro benzene ring substituents is 1. The molecule has 3 aliphatic heterocycles. The van der Waals surface area contributed by atoms with Gasteiger partial charge >= 0.3 is 0 Å². The first-order chi connectivity index (χ1) is 19.0. The Morgan fingerprint density at radius 2 is 1.85 bits per heavy atom. The van der Waals surface area contributed by atoms with Crippen molar-refractivity contribution in [1.82, 2.24) is 10.2 Å². The lowest BCUT2D eigenvalue weighted by Gasteiger charge is -2.20. The molecule has 0 radical (unpaired) electrons. The van der Waals surface area contributed by atoms with E-state index in [0.717, 1.165) is 55.7 Å². The number of nitrogens with one attached hydrogen (secondary N) is 3. The monoisotopic (exact) mass is 523 g/mol. The number of amides is 2. The quantitative estimate of drug-likeness (QED) is 0.241. The van der Waals surface area contributed by atoms with Gasteiger partial charge < -0.3 is 20.9 Å². The number of hydrogen-bond acceptors (Lipinski definition) is 6. The molecule has 1 saturated heterocycles. The van der Waals surface area contributed by atoms with E-state index in [1.54, 1.807) is 6.07 Å². The molecule has 39 heavy (non-hydrogen) atoms. The Morgan fingerprint density at radius 3 is 2.62 bits per heavy atom. The summed E-state index contributed by atoms with van der Waals surface area (Å²) in [6, 6.07) is 18.6. The fraction of sp³-hybridized carbons (Fsp3) is 0.267. The number of nitrogens with zero attached hydrogens (tertiary/aromatic N) is 2. The van der Waals surface area contributed by atoms with Crippen molar-refractivity contribution in [2.24, 2.45) is 0 Å². The van der Waals surface area contributed by atoms with Crippen LogP contribution in [-0.4, -0.2) is 41.3 Å². The summed E-state index contributed by atoms with van der Waals surface area (Å²) in [6.45, 7) is 3.24. The molecule has 0 bridgehead atoms. The van der Waals surface area contributed by atoms with Gasteiger partial charge in [-0.3, -0.25) is 19.7 Å². The molecule has 3 heterocycles. The van der Waals surface area contributed by atoms with Crippen LogP contribution in [0.1, 0.15) is 40.7 Å². The number of carbonyl (C=O) groups excluding carboxylic acids is 2. The molecule has 198 valence electrons. The standard InChI is InChI=1S/C30H29N5O4/c36-27-2-1-14-34(27)15-12-19-3-5-20(6-4-19)29(32-23-8-7-22-18-31-13-11-21(22)16-23)28-25-17-24(35(38)39)9-10-26(25)33-30(28)37/h3-10,16-17,31-32H,1-2,11-15,18H2,(H,33,37). The molecule has 3 aromatic carbocycles. The van der Waals surface area contributed by atoms with Gasteiger partial charge in [0.05, 0.1) is 16.2 Å². The van der Waals surface area contributed by atoms with Crippen LogP contribution in [0.25, 0.3) is 11.3 Å². The number of rotatable bonds is 7. The highest BCUT2D eigenvalue weighted by Gasteiger charge is 2.30. The molecule has 0 aromatic heterocycles. The van der Waals surface area contributed by atoms with Gasteiger partial charge in [0.1, 0.15) is 0 Å². The molecule has 0 atom stereocenters. The van der Waals surface area contributed by atoms with Crippen molar-refractivity contribution >= 4 is 40.1 Å². The molecule has 9 heteroatoms. The van der Waals surface area contributed by atoms with Gasteiger partial charge in [-0.2, -0.15) is 0 Å². The average molecular weight is 524 g/mol. The molecule has 0 aliphatic carbocycles. The maximum Gasteiger partial charge on any atom is 0.270 e. The zero-order valence-corrected chi connectivity index (χ0v) is 21.5. The Hall–Kier alpha value is -4.50. The molecule has 3 aromatic rings. The smallest absolute Gasteiger partial charge is 0.270 e. The number of hydrogen-bond donors (Lipinski definition) is 3. The minimum atomic E-state index is -0.453. The van der Waals surface area contributed by atoms with Crippen LogP contribution in [0.5, 0.6) is 0 Å². The van der Waals surface area contributed by atoms with Crippen LogP contribution in [0.4, 0.5) is 17.1 Å². The predicted octanol–water partition coefficient (Wildman–Crippen LogP) is 4.34. The van der Waals surface area contributed by atoms with Crippen LogP contribution in [0, 0.1) is 10.1 Å². The van der Waals surface area contributed by atoms with Crippen molar-refractivity contribution in [1.29, 1.82) is 0 Å². The van der Waals surface area contributed by atoms with Gasteiger partial charge in [-0.15, -0.1) is 0 Å². The molecule has 0 spiro atoms. The third-order valence-electron chi connectivity index (χ3n) is 7.66. The fourth-order valence-corrected chi connectivity index (χ4v) is 5.54. The van der Waals surface area contributed by atoms with Crippen molar-refractivity contribution in [3.63, 3.8) is 0 Å². The van der Waals surface area contributed by atoms with Crippen molar-refractivity contribution in [3.8, 4) is 0 Å². The van der Waals surface area contributed by atoms with Crippen LogP contribution in [0.2, 0.25) is 0 Å². The lowest BCUT2D eigenvalue weighted by Crippen LogP contribution is -2.26. The van der Waals surface area contributed by atoms with E-state index in [1.165, 1.54) is 23.3 Å². The van der Waals surface area contributed by atoms with Crippen LogP contribution in [0.3, 0.4) is 0 Å². The van der Waals surface area contributed by atoms with Crippen molar-refractivity contribution < 1.29 is 14.5 Å². The van der Waals surface area contributed by atoms with E-state index in [9.17, 15) is 19.7 Å². The summed E-state index contributed by atoms with van der Waals surface area (Å²) in [5.41, 5.74) is 7.15. The first-order valence-corrected chi connectivity index (χ1v) is 13.3. The predicted molar refractivity (Wildman–Crippen MR) is 150 cm³/mol. The number of benzene rings is 3. The molecule has 0 saturated carbocycles. The summed E-state index contributed by atoms with van der Waals surface area (Å²) in [5.74, 6) is -0.101. The molecular weight excluding hydrogens is 494 g/mol. The molecule has 2 amide bonds. The Kier molecular flexibility index (Phi) is 6.58. The largest absolute Gasteiger partial charge is 0.354 e. The second kappa shape index (κ2) is 10.3. The van der Waals surface area contributed by atoms with E-state index in [4.69, 9.17) is 0 Å². The van der Waals surface area contributed by atoms with Gasteiger partial charge in [0.15, 0.2) is 0 Å². The van der Waals surface area contributed by atoms with Gasteiger partial charge in [0.2, 0.25) is 5.91 Å². The molecule has 1 fully saturated rings.